The zero-order valence-corrected chi connectivity index (χ0v) is 7.83. The van der Waals surface area contributed by atoms with Crippen LogP contribution in [-0.2, 0) is 4.74 Å². The zero-order chi connectivity index (χ0) is 9.84. The number of aromatic nitrogens is 1. The van der Waals surface area contributed by atoms with E-state index in [9.17, 15) is 4.79 Å². The van der Waals surface area contributed by atoms with Crippen molar-refractivity contribution in [2.75, 3.05) is 14.2 Å². The van der Waals surface area contributed by atoms with Crippen molar-refractivity contribution in [1.29, 1.82) is 0 Å². The normalized spacial score (nSPS) is 9.46. The van der Waals surface area contributed by atoms with Crippen LogP contribution in [0.5, 0.6) is 5.88 Å². The highest BCUT2D eigenvalue weighted by Crippen LogP contribution is 2.12. The third-order valence-corrected chi connectivity index (χ3v) is 1.56. The van der Waals surface area contributed by atoms with Gasteiger partial charge < -0.3 is 9.47 Å². The molecule has 1 rings (SSSR count). The predicted molar refractivity (Wildman–Crippen MR) is 46.9 cm³/mol. The summed E-state index contributed by atoms with van der Waals surface area (Å²) in [6.45, 7) is 1.79. The maximum Gasteiger partial charge on any atom is 0.338 e. The number of nitrogens with zero attached hydrogens (tertiary/aromatic N) is 1. The van der Waals surface area contributed by atoms with Crippen molar-refractivity contribution in [3.63, 3.8) is 0 Å². The highest BCUT2D eigenvalue weighted by Gasteiger charge is 2.08. The molecular weight excluding hydrogens is 170 g/mol. The molecule has 0 radical (unpaired) electrons. The van der Waals surface area contributed by atoms with E-state index < -0.39 is 0 Å². The molecule has 70 valence electrons. The van der Waals surface area contributed by atoms with E-state index >= 15 is 0 Å². The first-order valence-corrected chi connectivity index (χ1v) is 3.78. The van der Waals surface area contributed by atoms with Gasteiger partial charge in [0.25, 0.3) is 0 Å². The first-order chi connectivity index (χ1) is 6.17. The quantitative estimate of drug-likeness (QED) is 0.643. The molecule has 0 amide bonds. The van der Waals surface area contributed by atoms with Crippen molar-refractivity contribution in [1.82, 2.24) is 4.98 Å². The van der Waals surface area contributed by atoms with Gasteiger partial charge in [-0.1, -0.05) is 0 Å². The average Bonchev–Trinajstić information content (AvgIpc) is 2.15. The Bertz CT molecular complexity index is 323. The Morgan fingerprint density at radius 1 is 1.38 bits per heavy atom. The minimum atomic E-state index is -0.385. The fourth-order valence-corrected chi connectivity index (χ4v) is 0.978. The van der Waals surface area contributed by atoms with Crippen molar-refractivity contribution in [2.45, 2.75) is 6.92 Å². The van der Waals surface area contributed by atoms with E-state index in [2.05, 4.69) is 9.72 Å². The molecule has 0 spiro atoms. The van der Waals surface area contributed by atoms with Crippen LogP contribution in [0.3, 0.4) is 0 Å². The maximum absolute atomic E-state index is 11.1. The standard InChI is InChI=1S/C9H11NO3/c1-6-4-7(9(11)13-3)5-8(10-6)12-2/h4-5H,1-3H3. The van der Waals surface area contributed by atoms with Gasteiger partial charge in [-0.25, -0.2) is 9.78 Å². The number of carbonyl (C=O) groups is 1. The monoisotopic (exact) mass is 181 g/mol. The molecule has 0 aliphatic rings. The number of ether oxygens (including phenoxy) is 2. The number of methoxy groups -OCH3 is 2. The molecule has 0 N–H and O–H groups in total. The fraction of sp³-hybridized carbons (Fsp3) is 0.333. The lowest BCUT2D eigenvalue weighted by Gasteiger charge is -2.03. The molecule has 0 aromatic carbocycles. The van der Waals surface area contributed by atoms with Crippen LogP contribution in [0, 0.1) is 6.92 Å². The van der Waals surface area contributed by atoms with Crippen LogP contribution < -0.4 is 4.74 Å². The van der Waals surface area contributed by atoms with Gasteiger partial charge in [-0.05, 0) is 13.0 Å². The molecule has 1 heterocycles. The molecule has 13 heavy (non-hydrogen) atoms. The first kappa shape index (κ1) is 9.51. The number of aryl methyl sites for hydroxylation is 1. The van der Waals surface area contributed by atoms with Crippen LogP contribution in [-0.4, -0.2) is 25.2 Å². The van der Waals surface area contributed by atoms with Crippen LogP contribution in [0.1, 0.15) is 16.1 Å². The Kier molecular flexibility index (Phi) is 2.84. The van der Waals surface area contributed by atoms with Crippen molar-refractivity contribution in [3.8, 4) is 5.88 Å². The molecule has 1 aromatic rings. The molecule has 0 atom stereocenters. The maximum atomic E-state index is 11.1. The molecule has 0 saturated carbocycles. The summed E-state index contributed by atoms with van der Waals surface area (Å²) < 4.78 is 9.48. The van der Waals surface area contributed by atoms with Crippen LogP contribution in [0.15, 0.2) is 12.1 Å². The minimum absolute atomic E-state index is 0.385. The third-order valence-electron chi connectivity index (χ3n) is 1.56. The number of esters is 1. The van der Waals surface area contributed by atoms with E-state index in [1.807, 2.05) is 0 Å². The van der Waals surface area contributed by atoms with Gasteiger partial charge in [0.2, 0.25) is 5.88 Å². The topological polar surface area (TPSA) is 48.4 Å². The molecule has 0 aliphatic heterocycles. The molecule has 0 unspecified atom stereocenters. The van der Waals surface area contributed by atoms with Gasteiger partial charge in [-0.3, -0.25) is 0 Å². The van der Waals surface area contributed by atoms with Crippen LogP contribution >= 0.6 is 0 Å². The smallest absolute Gasteiger partial charge is 0.338 e. The number of hydrogen-bond donors (Lipinski definition) is 0. The molecule has 1 aromatic heterocycles. The Morgan fingerprint density at radius 3 is 2.62 bits per heavy atom. The molecule has 0 fully saturated rings. The van der Waals surface area contributed by atoms with E-state index in [-0.39, 0.29) is 5.97 Å². The van der Waals surface area contributed by atoms with E-state index in [0.29, 0.717) is 11.4 Å². The number of rotatable bonds is 2. The van der Waals surface area contributed by atoms with E-state index in [4.69, 9.17) is 4.74 Å². The van der Waals surface area contributed by atoms with Gasteiger partial charge in [0, 0.05) is 11.8 Å². The lowest BCUT2D eigenvalue weighted by molar-refractivity contribution is 0.0600. The first-order valence-electron chi connectivity index (χ1n) is 3.78. The Morgan fingerprint density at radius 2 is 2.08 bits per heavy atom. The number of pyridine rings is 1. The second kappa shape index (κ2) is 3.89. The summed E-state index contributed by atoms with van der Waals surface area (Å²) >= 11 is 0. The second-order valence-electron chi connectivity index (χ2n) is 2.53. The number of hydrogen-bond acceptors (Lipinski definition) is 4. The largest absolute Gasteiger partial charge is 0.481 e. The molecule has 4 heteroatoms. The van der Waals surface area contributed by atoms with Gasteiger partial charge in [-0.15, -0.1) is 0 Å². The summed E-state index contributed by atoms with van der Waals surface area (Å²) in [5.41, 5.74) is 1.17. The summed E-state index contributed by atoms with van der Waals surface area (Å²) in [6.07, 6.45) is 0. The molecule has 4 nitrogen and oxygen atoms in total. The van der Waals surface area contributed by atoms with Crippen LogP contribution in [0.25, 0.3) is 0 Å². The van der Waals surface area contributed by atoms with Crippen molar-refractivity contribution in [2.24, 2.45) is 0 Å². The summed E-state index contributed by atoms with van der Waals surface area (Å²) in [5, 5.41) is 0. The average molecular weight is 181 g/mol. The fourth-order valence-electron chi connectivity index (χ4n) is 0.978. The van der Waals surface area contributed by atoms with Gasteiger partial charge in [0.15, 0.2) is 0 Å². The van der Waals surface area contributed by atoms with Gasteiger partial charge in [-0.2, -0.15) is 0 Å². The van der Waals surface area contributed by atoms with Crippen molar-refractivity contribution >= 4 is 5.97 Å². The van der Waals surface area contributed by atoms with E-state index in [1.165, 1.54) is 14.2 Å². The van der Waals surface area contributed by atoms with Crippen LogP contribution in [0.4, 0.5) is 0 Å². The van der Waals surface area contributed by atoms with Gasteiger partial charge in [0.05, 0.1) is 19.8 Å². The van der Waals surface area contributed by atoms with Crippen molar-refractivity contribution in [3.05, 3.63) is 23.4 Å². The van der Waals surface area contributed by atoms with Gasteiger partial charge in [0.1, 0.15) is 0 Å². The molecule has 0 bridgehead atoms. The van der Waals surface area contributed by atoms with Crippen LogP contribution in [0.2, 0.25) is 0 Å². The number of carbonyl (C=O) groups excluding carboxylic acids is 1. The van der Waals surface area contributed by atoms with Crippen molar-refractivity contribution < 1.29 is 14.3 Å². The summed E-state index contributed by atoms with van der Waals surface area (Å²) in [5.74, 6) is 0.0317. The Balaban J connectivity index is 3.08. The SMILES string of the molecule is COC(=O)c1cc(C)nc(OC)c1. The lowest BCUT2D eigenvalue weighted by Crippen LogP contribution is -2.03. The summed E-state index contributed by atoms with van der Waals surface area (Å²) in [6, 6.07) is 3.19. The van der Waals surface area contributed by atoms with E-state index in [1.54, 1.807) is 19.1 Å². The summed E-state index contributed by atoms with van der Waals surface area (Å²) in [4.78, 5) is 15.2. The van der Waals surface area contributed by atoms with Gasteiger partial charge >= 0.3 is 5.97 Å². The lowest BCUT2D eigenvalue weighted by atomic mass is 10.2. The summed E-state index contributed by atoms with van der Waals surface area (Å²) in [7, 11) is 2.84. The highest BCUT2D eigenvalue weighted by molar-refractivity contribution is 5.89. The zero-order valence-electron chi connectivity index (χ0n) is 7.83. The Hall–Kier alpha value is -1.58. The second-order valence-corrected chi connectivity index (χ2v) is 2.53. The predicted octanol–water partition coefficient (Wildman–Crippen LogP) is 1.19. The van der Waals surface area contributed by atoms with E-state index in [0.717, 1.165) is 5.69 Å². The Labute approximate surface area is 76.5 Å². The molecule has 0 saturated heterocycles. The highest BCUT2D eigenvalue weighted by atomic mass is 16.5. The molecule has 0 aliphatic carbocycles. The third kappa shape index (κ3) is 2.18. The molecular formula is C9H11NO3. The minimum Gasteiger partial charge on any atom is -0.481 e.